The quantitative estimate of drug-likeness (QED) is 0.841. The molecular formula is C17H32N2. The molecule has 0 aromatic rings. The van der Waals surface area contributed by atoms with Crippen LogP contribution in [0.3, 0.4) is 0 Å². The SMILES string of the molecule is CNC(C1CCCC(C)C1)C1CC2CCC(C1)N2C. The minimum Gasteiger partial charge on any atom is -0.316 e. The van der Waals surface area contributed by atoms with Gasteiger partial charge >= 0.3 is 0 Å². The van der Waals surface area contributed by atoms with Crippen molar-refractivity contribution in [3.63, 3.8) is 0 Å². The third kappa shape index (κ3) is 2.71. The third-order valence-corrected chi connectivity index (χ3v) is 6.46. The van der Waals surface area contributed by atoms with E-state index in [4.69, 9.17) is 0 Å². The second kappa shape index (κ2) is 5.73. The van der Waals surface area contributed by atoms with Crippen molar-refractivity contribution >= 4 is 0 Å². The van der Waals surface area contributed by atoms with Gasteiger partial charge in [-0.1, -0.05) is 19.8 Å². The fraction of sp³-hybridized carbons (Fsp3) is 1.00. The van der Waals surface area contributed by atoms with Gasteiger partial charge in [-0.15, -0.1) is 0 Å². The molecule has 1 saturated carbocycles. The first kappa shape index (κ1) is 13.9. The van der Waals surface area contributed by atoms with Gasteiger partial charge in [-0.05, 0) is 70.4 Å². The molecule has 3 rings (SSSR count). The molecule has 2 bridgehead atoms. The predicted octanol–water partition coefficient (Wildman–Crippen LogP) is 3.27. The Balaban J connectivity index is 1.66. The third-order valence-electron chi connectivity index (χ3n) is 6.46. The Labute approximate surface area is 119 Å². The number of nitrogens with one attached hydrogen (secondary N) is 1. The van der Waals surface area contributed by atoms with E-state index in [2.05, 4.69) is 31.2 Å². The summed E-state index contributed by atoms with van der Waals surface area (Å²) in [6, 6.07) is 2.57. The first-order valence-electron chi connectivity index (χ1n) is 8.58. The molecule has 1 aliphatic carbocycles. The number of hydrogen-bond donors (Lipinski definition) is 1. The van der Waals surface area contributed by atoms with Gasteiger partial charge in [0.2, 0.25) is 0 Å². The van der Waals surface area contributed by atoms with E-state index in [1.807, 2.05) is 0 Å². The standard InChI is InChI=1S/C17H32N2/c1-12-5-4-6-13(9-12)17(18-2)14-10-15-7-8-16(11-14)19(15)3/h12-18H,4-11H2,1-3H3. The number of piperidine rings is 1. The highest BCUT2D eigenvalue weighted by atomic mass is 15.2. The van der Waals surface area contributed by atoms with Crippen LogP contribution in [0.1, 0.15) is 58.3 Å². The zero-order chi connectivity index (χ0) is 13.4. The molecule has 0 amide bonds. The molecule has 3 fully saturated rings. The van der Waals surface area contributed by atoms with Crippen LogP contribution in [0.15, 0.2) is 0 Å². The van der Waals surface area contributed by atoms with Gasteiger partial charge in [0.15, 0.2) is 0 Å². The van der Waals surface area contributed by atoms with E-state index in [0.717, 1.165) is 35.9 Å². The van der Waals surface area contributed by atoms with Gasteiger partial charge in [-0.2, -0.15) is 0 Å². The predicted molar refractivity (Wildman–Crippen MR) is 81.3 cm³/mol. The second-order valence-electron chi connectivity index (χ2n) is 7.63. The van der Waals surface area contributed by atoms with Crippen molar-refractivity contribution in [2.24, 2.45) is 17.8 Å². The van der Waals surface area contributed by atoms with Crippen molar-refractivity contribution in [3.05, 3.63) is 0 Å². The van der Waals surface area contributed by atoms with Crippen molar-refractivity contribution < 1.29 is 0 Å². The van der Waals surface area contributed by atoms with Crippen LogP contribution < -0.4 is 5.32 Å². The fourth-order valence-corrected chi connectivity index (χ4v) is 5.41. The summed E-state index contributed by atoms with van der Waals surface area (Å²) in [5, 5.41) is 3.73. The molecule has 19 heavy (non-hydrogen) atoms. The summed E-state index contributed by atoms with van der Waals surface area (Å²) < 4.78 is 0. The van der Waals surface area contributed by atoms with Crippen molar-refractivity contribution in [2.45, 2.75) is 76.4 Å². The van der Waals surface area contributed by atoms with Gasteiger partial charge in [0.25, 0.3) is 0 Å². The van der Waals surface area contributed by atoms with E-state index in [0.29, 0.717) is 0 Å². The highest BCUT2D eigenvalue weighted by molar-refractivity contribution is 4.98. The van der Waals surface area contributed by atoms with Gasteiger partial charge < -0.3 is 10.2 Å². The lowest BCUT2D eigenvalue weighted by Crippen LogP contribution is -2.49. The largest absolute Gasteiger partial charge is 0.316 e. The van der Waals surface area contributed by atoms with Crippen LogP contribution in [0.5, 0.6) is 0 Å². The van der Waals surface area contributed by atoms with E-state index < -0.39 is 0 Å². The van der Waals surface area contributed by atoms with E-state index >= 15 is 0 Å². The minimum atomic E-state index is 0.791. The molecule has 1 N–H and O–H groups in total. The number of hydrogen-bond acceptors (Lipinski definition) is 2. The molecule has 3 aliphatic rings. The monoisotopic (exact) mass is 264 g/mol. The first-order valence-corrected chi connectivity index (χ1v) is 8.58. The van der Waals surface area contributed by atoms with Gasteiger partial charge in [0, 0.05) is 18.1 Å². The lowest BCUT2D eigenvalue weighted by Gasteiger charge is -2.44. The molecule has 2 aliphatic heterocycles. The number of fused-ring (bicyclic) bond motifs is 2. The first-order chi connectivity index (χ1) is 9.19. The maximum atomic E-state index is 3.73. The average Bonchev–Trinajstić information content (AvgIpc) is 2.63. The van der Waals surface area contributed by atoms with Crippen LogP contribution in [0, 0.1) is 17.8 Å². The summed E-state index contributed by atoms with van der Waals surface area (Å²) in [6.07, 6.45) is 11.7. The lowest BCUT2D eigenvalue weighted by molar-refractivity contribution is 0.0837. The maximum absolute atomic E-state index is 3.73. The Kier molecular flexibility index (Phi) is 4.19. The van der Waals surface area contributed by atoms with E-state index in [1.165, 1.54) is 51.4 Å². The molecule has 0 spiro atoms. The Hall–Kier alpha value is -0.0800. The van der Waals surface area contributed by atoms with Gasteiger partial charge in [0.05, 0.1) is 0 Å². The van der Waals surface area contributed by atoms with Gasteiger partial charge in [-0.3, -0.25) is 0 Å². The van der Waals surface area contributed by atoms with Crippen LogP contribution in [0.2, 0.25) is 0 Å². The highest BCUT2D eigenvalue weighted by Gasteiger charge is 2.42. The highest BCUT2D eigenvalue weighted by Crippen LogP contribution is 2.42. The molecule has 2 heterocycles. The van der Waals surface area contributed by atoms with E-state index in [-0.39, 0.29) is 0 Å². The Morgan fingerprint density at radius 3 is 2.21 bits per heavy atom. The van der Waals surface area contributed by atoms with Crippen LogP contribution in [0.25, 0.3) is 0 Å². The van der Waals surface area contributed by atoms with Crippen LogP contribution in [-0.2, 0) is 0 Å². The van der Waals surface area contributed by atoms with E-state index in [9.17, 15) is 0 Å². The summed E-state index contributed by atoms with van der Waals surface area (Å²) in [4.78, 5) is 2.67. The van der Waals surface area contributed by atoms with Crippen molar-refractivity contribution in [1.82, 2.24) is 10.2 Å². The topological polar surface area (TPSA) is 15.3 Å². The average molecular weight is 264 g/mol. The lowest BCUT2D eigenvalue weighted by atomic mass is 9.72. The van der Waals surface area contributed by atoms with Crippen molar-refractivity contribution in [3.8, 4) is 0 Å². The van der Waals surface area contributed by atoms with Gasteiger partial charge in [0.1, 0.15) is 0 Å². The minimum absolute atomic E-state index is 0.791. The molecule has 2 heteroatoms. The zero-order valence-corrected chi connectivity index (χ0v) is 13.1. The molecule has 110 valence electrons. The number of rotatable bonds is 3. The molecule has 0 aromatic heterocycles. The summed E-state index contributed by atoms with van der Waals surface area (Å²) >= 11 is 0. The summed E-state index contributed by atoms with van der Waals surface area (Å²) in [5.41, 5.74) is 0. The molecule has 0 aromatic carbocycles. The molecule has 0 radical (unpaired) electrons. The summed E-state index contributed by atoms with van der Waals surface area (Å²) in [5.74, 6) is 2.84. The van der Waals surface area contributed by atoms with Crippen molar-refractivity contribution in [2.75, 3.05) is 14.1 Å². The normalized spacial score (nSPS) is 45.3. The van der Waals surface area contributed by atoms with E-state index in [1.54, 1.807) is 0 Å². The van der Waals surface area contributed by atoms with Crippen LogP contribution in [-0.4, -0.2) is 37.1 Å². The molecular weight excluding hydrogens is 232 g/mol. The molecule has 5 atom stereocenters. The van der Waals surface area contributed by atoms with Crippen LogP contribution >= 0.6 is 0 Å². The Morgan fingerprint density at radius 1 is 0.947 bits per heavy atom. The Morgan fingerprint density at radius 2 is 1.63 bits per heavy atom. The van der Waals surface area contributed by atoms with Crippen molar-refractivity contribution in [1.29, 1.82) is 0 Å². The maximum Gasteiger partial charge on any atom is 0.0122 e. The fourth-order valence-electron chi connectivity index (χ4n) is 5.41. The number of nitrogens with zero attached hydrogens (tertiary/aromatic N) is 1. The smallest absolute Gasteiger partial charge is 0.0122 e. The van der Waals surface area contributed by atoms with Crippen LogP contribution in [0.4, 0.5) is 0 Å². The molecule has 5 unspecified atom stereocenters. The molecule has 2 nitrogen and oxygen atoms in total. The Bertz CT molecular complexity index is 290. The second-order valence-corrected chi connectivity index (χ2v) is 7.63. The van der Waals surface area contributed by atoms with Gasteiger partial charge in [-0.25, -0.2) is 0 Å². The summed E-state index contributed by atoms with van der Waals surface area (Å²) in [7, 11) is 4.57. The summed E-state index contributed by atoms with van der Waals surface area (Å²) in [6.45, 7) is 2.46. The molecule has 2 saturated heterocycles. The zero-order valence-electron chi connectivity index (χ0n) is 13.1.